The van der Waals surface area contributed by atoms with Crippen LogP contribution in [0.2, 0.25) is 0 Å². The summed E-state index contributed by atoms with van der Waals surface area (Å²) in [6.07, 6.45) is 6.63. The fourth-order valence-electron chi connectivity index (χ4n) is 4.24. The lowest BCUT2D eigenvalue weighted by Crippen LogP contribution is -2.47. The zero-order valence-corrected chi connectivity index (χ0v) is 20.4. The summed E-state index contributed by atoms with van der Waals surface area (Å²) in [6, 6.07) is 6.45. The van der Waals surface area contributed by atoms with Gasteiger partial charge in [0.1, 0.15) is 5.52 Å². The van der Waals surface area contributed by atoms with Crippen LogP contribution in [0.5, 0.6) is 0 Å². The highest BCUT2D eigenvalue weighted by atomic mass is 32.2. The van der Waals surface area contributed by atoms with Crippen LogP contribution in [0.15, 0.2) is 24.4 Å². The van der Waals surface area contributed by atoms with Crippen LogP contribution in [0, 0.1) is 0 Å². The minimum atomic E-state index is 0.183. The van der Waals surface area contributed by atoms with Crippen LogP contribution in [0.4, 0.5) is 11.5 Å². The molecule has 0 aliphatic carbocycles. The first-order chi connectivity index (χ1) is 16.1. The smallest absolute Gasteiger partial charge is 0.190 e. The Hall–Kier alpha value is -2.36. The number of carbonyl (C=O) groups excluding carboxylic acids is 1. The van der Waals surface area contributed by atoms with Gasteiger partial charge in [0, 0.05) is 68.3 Å². The third-order valence-electron chi connectivity index (χ3n) is 6.22. The number of nitrogens with zero attached hydrogens (tertiary/aromatic N) is 5. The van der Waals surface area contributed by atoms with Crippen LogP contribution < -0.4 is 10.6 Å². The second-order valence-electron chi connectivity index (χ2n) is 8.47. The molecule has 178 valence electrons. The molecule has 4 rings (SSSR count). The molecule has 0 atom stereocenters. The SMILES string of the molecule is CCCCn1cc2c(n1)c(N)nc1ccc(N3CCN(CCOCCC(=O)SC)CC3)cc12. The van der Waals surface area contributed by atoms with E-state index in [9.17, 15) is 4.79 Å². The molecule has 0 bridgehead atoms. The van der Waals surface area contributed by atoms with Crippen LogP contribution in [-0.4, -0.2) is 77.0 Å². The molecule has 1 fully saturated rings. The molecule has 1 aliphatic rings. The molecule has 1 saturated heterocycles. The first-order valence-corrected chi connectivity index (χ1v) is 13.0. The summed E-state index contributed by atoms with van der Waals surface area (Å²) >= 11 is 1.27. The number of aromatic nitrogens is 3. The number of hydrogen-bond acceptors (Lipinski definition) is 8. The van der Waals surface area contributed by atoms with Crippen molar-refractivity contribution in [3.63, 3.8) is 0 Å². The van der Waals surface area contributed by atoms with E-state index < -0.39 is 0 Å². The second-order valence-corrected chi connectivity index (χ2v) is 9.34. The van der Waals surface area contributed by atoms with Crippen molar-refractivity contribution in [1.29, 1.82) is 0 Å². The molecule has 1 aliphatic heterocycles. The van der Waals surface area contributed by atoms with Gasteiger partial charge < -0.3 is 15.4 Å². The molecule has 0 spiro atoms. The van der Waals surface area contributed by atoms with Crippen molar-refractivity contribution in [1.82, 2.24) is 19.7 Å². The van der Waals surface area contributed by atoms with E-state index in [0.29, 0.717) is 25.5 Å². The van der Waals surface area contributed by atoms with E-state index in [4.69, 9.17) is 10.5 Å². The normalized spacial score (nSPS) is 15.0. The summed E-state index contributed by atoms with van der Waals surface area (Å²) in [4.78, 5) is 20.8. The van der Waals surface area contributed by atoms with Crippen LogP contribution in [0.3, 0.4) is 0 Å². The predicted octanol–water partition coefficient (Wildman–Crippen LogP) is 3.39. The molecule has 33 heavy (non-hydrogen) atoms. The molecule has 8 nitrogen and oxygen atoms in total. The average Bonchev–Trinajstić information content (AvgIpc) is 3.28. The van der Waals surface area contributed by atoms with Gasteiger partial charge in [-0.3, -0.25) is 14.4 Å². The lowest BCUT2D eigenvalue weighted by molar-refractivity contribution is -0.111. The molecule has 0 radical (unpaired) electrons. The van der Waals surface area contributed by atoms with E-state index in [1.807, 2.05) is 10.9 Å². The molecule has 3 aromatic rings. The van der Waals surface area contributed by atoms with Gasteiger partial charge in [-0.25, -0.2) is 4.98 Å². The summed E-state index contributed by atoms with van der Waals surface area (Å²) < 4.78 is 7.63. The number of nitrogens with two attached hydrogens (primary N) is 1. The van der Waals surface area contributed by atoms with E-state index in [2.05, 4.69) is 51.2 Å². The minimum absolute atomic E-state index is 0.183. The Kier molecular flexibility index (Phi) is 8.06. The summed E-state index contributed by atoms with van der Waals surface area (Å²) in [5.74, 6) is 0.495. The molecule has 9 heteroatoms. The van der Waals surface area contributed by atoms with Gasteiger partial charge in [0.2, 0.25) is 0 Å². The van der Waals surface area contributed by atoms with Crippen molar-refractivity contribution < 1.29 is 9.53 Å². The summed E-state index contributed by atoms with van der Waals surface area (Å²) in [5, 5.41) is 7.05. The molecule has 2 aromatic heterocycles. The van der Waals surface area contributed by atoms with Crippen molar-refractivity contribution >= 4 is 50.2 Å². The minimum Gasteiger partial charge on any atom is -0.382 e. The number of aryl methyl sites for hydroxylation is 1. The number of thioether (sulfide) groups is 1. The van der Waals surface area contributed by atoms with Gasteiger partial charge in [-0.2, -0.15) is 5.10 Å². The molecule has 2 N–H and O–H groups in total. The Morgan fingerprint density at radius 1 is 1.15 bits per heavy atom. The topological polar surface area (TPSA) is 89.5 Å². The highest BCUT2D eigenvalue weighted by Gasteiger charge is 2.18. The molecule has 1 aromatic carbocycles. The highest BCUT2D eigenvalue weighted by molar-refractivity contribution is 8.13. The zero-order chi connectivity index (χ0) is 23.2. The van der Waals surface area contributed by atoms with Gasteiger partial charge in [-0.15, -0.1) is 0 Å². The van der Waals surface area contributed by atoms with Gasteiger partial charge in [0.15, 0.2) is 10.9 Å². The van der Waals surface area contributed by atoms with Crippen molar-refractivity contribution in [2.24, 2.45) is 0 Å². The van der Waals surface area contributed by atoms with Gasteiger partial charge >= 0.3 is 0 Å². The zero-order valence-electron chi connectivity index (χ0n) is 19.6. The molecule has 0 unspecified atom stereocenters. The number of benzene rings is 1. The van der Waals surface area contributed by atoms with Crippen LogP contribution in [0.1, 0.15) is 26.2 Å². The van der Waals surface area contributed by atoms with Crippen molar-refractivity contribution in [2.45, 2.75) is 32.7 Å². The Labute approximate surface area is 199 Å². The number of carbonyl (C=O) groups is 1. The number of pyridine rings is 1. The molecule has 3 heterocycles. The number of unbranched alkanes of at least 4 members (excludes halogenated alkanes) is 1. The maximum absolute atomic E-state index is 11.3. The molecular weight excluding hydrogens is 436 g/mol. The van der Waals surface area contributed by atoms with Crippen molar-refractivity contribution in [3.8, 4) is 0 Å². The average molecular weight is 471 g/mol. The van der Waals surface area contributed by atoms with Gasteiger partial charge in [0.05, 0.1) is 18.7 Å². The largest absolute Gasteiger partial charge is 0.382 e. The van der Waals surface area contributed by atoms with E-state index in [1.54, 1.807) is 0 Å². The molecule has 0 amide bonds. The first kappa shape index (κ1) is 23.8. The lowest BCUT2D eigenvalue weighted by Gasteiger charge is -2.36. The van der Waals surface area contributed by atoms with E-state index in [1.165, 1.54) is 17.4 Å². The van der Waals surface area contributed by atoms with E-state index in [-0.39, 0.29) is 5.12 Å². The van der Waals surface area contributed by atoms with E-state index in [0.717, 1.165) is 73.9 Å². The van der Waals surface area contributed by atoms with E-state index >= 15 is 0 Å². The monoisotopic (exact) mass is 470 g/mol. The Morgan fingerprint density at radius 3 is 2.73 bits per heavy atom. The predicted molar refractivity (Wildman–Crippen MR) is 137 cm³/mol. The number of nitrogen functional groups attached to an aromatic ring is 1. The lowest BCUT2D eigenvalue weighted by atomic mass is 10.1. The maximum Gasteiger partial charge on any atom is 0.190 e. The summed E-state index contributed by atoms with van der Waals surface area (Å²) in [5.41, 5.74) is 9.12. The molecular formula is C24H34N6O2S. The molecule has 0 saturated carbocycles. The second kappa shape index (κ2) is 11.2. The van der Waals surface area contributed by atoms with Gasteiger partial charge in [0.25, 0.3) is 0 Å². The fraction of sp³-hybridized carbons (Fsp3) is 0.542. The van der Waals surface area contributed by atoms with Crippen LogP contribution in [0.25, 0.3) is 21.8 Å². The Balaban J connectivity index is 1.39. The standard InChI is InChI=1S/C24H34N6O2S/c1-3-4-8-30-17-20-19-16-18(5-6-21(19)26-24(25)23(20)27-30)29-11-9-28(10-12-29)13-15-32-14-7-22(31)33-2/h5-6,16-17H,3-4,7-15H2,1-2H3,(H2,25,26). The number of fused-ring (bicyclic) bond motifs is 3. The van der Waals surface area contributed by atoms with Crippen LogP contribution in [-0.2, 0) is 16.1 Å². The van der Waals surface area contributed by atoms with Crippen molar-refractivity contribution in [3.05, 3.63) is 24.4 Å². The Morgan fingerprint density at radius 2 is 1.97 bits per heavy atom. The first-order valence-electron chi connectivity index (χ1n) is 11.8. The van der Waals surface area contributed by atoms with Gasteiger partial charge in [-0.05, 0) is 30.9 Å². The maximum atomic E-state index is 11.3. The van der Waals surface area contributed by atoms with Crippen molar-refractivity contribution in [2.75, 3.05) is 62.8 Å². The number of rotatable bonds is 10. The fourth-order valence-corrected chi connectivity index (χ4v) is 4.53. The number of ether oxygens (including phenoxy) is 1. The summed E-state index contributed by atoms with van der Waals surface area (Å²) in [6.45, 7) is 9.09. The Bertz CT molecular complexity index is 1090. The highest BCUT2D eigenvalue weighted by Crippen LogP contribution is 2.30. The summed E-state index contributed by atoms with van der Waals surface area (Å²) in [7, 11) is 0. The third-order valence-corrected chi connectivity index (χ3v) is 6.88. The number of hydrogen-bond donors (Lipinski definition) is 1. The third kappa shape index (κ3) is 5.77. The number of anilines is 2. The number of piperazine rings is 1. The van der Waals surface area contributed by atoms with Crippen LogP contribution >= 0.6 is 11.8 Å². The quantitative estimate of drug-likeness (QED) is 0.451. The van der Waals surface area contributed by atoms with Gasteiger partial charge in [-0.1, -0.05) is 25.1 Å².